The smallest absolute Gasteiger partial charge is 0.189 e. The molecule has 4 nitrogen and oxygen atoms in total. The molecular weight excluding hydrogens is 178 g/mol. The number of nitrogens with one attached hydrogen (secondary N) is 1. The molecule has 2 atom stereocenters. The first kappa shape index (κ1) is 9.77. The molecule has 1 saturated heterocycles. The molecule has 4 heteroatoms. The summed E-state index contributed by atoms with van der Waals surface area (Å²) in [6, 6.07) is 0. The normalized spacial score (nSPS) is 37.4. The summed E-state index contributed by atoms with van der Waals surface area (Å²) in [5.74, 6) is 1.16. The number of nitrogens with two attached hydrogens (primary N) is 1. The Balaban J connectivity index is 2.01. The Kier molecular flexibility index (Phi) is 2.39. The predicted molar refractivity (Wildman–Crippen MR) is 56.2 cm³/mol. The van der Waals surface area contributed by atoms with Crippen LogP contribution in [0.4, 0.5) is 0 Å². The maximum absolute atomic E-state index is 5.73. The molecule has 2 rings (SSSR count). The third-order valence-electron chi connectivity index (χ3n) is 3.19. The lowest BCUT2D eigenvalue weighted by Gasteiger charge is -2.39. The Labute approximate surface area is 84.9 Å². The Bertz CT molecular complexity index is 252. The number of ether oxygens (including phenoxy) is 1. The molecule has 3 N–H and O–H groups in total. The highest BCUT2D eigenvalue weighted by molar-refractivity contribution is 5.80. The predicted octanol–water partition coefficient (Wildman–Crippen LogP) is 0.478. The molecule has 2 aliphatic rings. The van der Waals surface area contributed by atoms with Gasteiger partial charge in [-0.05, 0) is 18.8 Å². The van der Waals surface area contributed by atoms with Crippen molar-refractivity contribution in [2.45, 2.75) is 38.3 Å². The van der Waals surface area contributed by atoms with Gasteiger partial charge < -0.3 is 15.8 Å². The lowest BCUT2D eigenvalue weighted by molar-refractivity contribution is -0.0430. The van der Waals surface area contributed by atoms with E-state index in [2.05, 4.69) is 24.2 Å². The third kappa shape index (κ3) is 1.71. The molecule has 0 aromatic carbocycles. The number of nitrogens with zero attached hydrogens (tertiary/aromatic N) is 1. The van der Waals surface area contributed by atoms with Gasteiger partial charge in [0.05, 0.1) is 18.2 Å². The van der Waals surface area contributed by atoms with Gasteiger partial charge >= 0.3 is 0 Å². The Morgan fingerprint density at radius 3 is 3.00 bits per heavy atom. The number of hydrogen-bond donors (Lipinski definition) is 2. The van der Waals surface area contributed by atoms with E-state index >= 15 is 0 Å². The van der Waals surface area contributed by atoms with Crippen molar-refractivity contribution < 1.29 is 4.74 Å². The van der Waals surface area contributed by atoms with Crippen LogP contribution in [0.1, 0.15) is 26.7 Å². The maximum atomic E-state index is 5.73. The van der Waals surface area contributed by atoms with Crippen molar-refractivity contribution in [1.29, 1.82) is 0 Å². The molecule has 0 aromatic rings. The van der Waals surface area contributed by atoms with Crippen LogP contribution in [0.2, 0.25) is 0 Å². The topological polar surface area (TPSA) is 59.6 Å². The second-order valence-corrected chi connectivity index (χ2v) is 4.71. The summed E-state index contributed by atoms with van der Waals surface area (Å²) in [6.07, 6.45) is 2.38. The molecule has 1 spiro atoms. The zero-order valence-electron chi connectivity index (χ0n) is 8.92. The molecule has 14 heavy (non-hydrogen) atoms. The van der Waals surface area contributed by atoms with Crippen LogP contribution in [0.3, 0.4) is 0 Å². The van der Waals surface area contributed by atoms with Gasteiger partial charge in [-0.15, -0.1) is 0 Å². The summed E-state index contributed by atoms with van der Waals surface area (Å²) in [6.45, 7) is 6.02. The molecule has 2 unspecified atom stereocenters. The van der Waals surface area contributed by atoms with E-state index in [-0.39, 0.29) is 5.54 Å². The van der Waals surface area contributed by atoms with Crippen LogP contribution in [-0.4, -0.2) is 30.8 Å². The van der Waals surface area contributed by atoms with Crippen molar-refractivity contribution in [2.24, 2.45) is 16.6 Å². The highest BCUT2D eigenvalue weighted by Crippen LogP contribution is 2.30. The van der Waals surface area contributed by atoms with Crippen molar-refractivity contribution in [3.8, 4) is 0 Å². The zero-order chi connectivity index (χ0) is 10.2. The van der Waals surface area contributed by atoms with E-state index in [9.17, 15) is 0 Å². The zero-order valence-corrected chi connectivity index (χ0v) is 8.92. The first-order valence-corrected chi connectivity index (χ1v) is 5.31. The van der Waals surface area contributed by atoms with Gasteiger partial charge in [0.2, 0.25) is 0 Å². The van der Waals surface area contributed by atoms with Crippen LogP contribution in [0, 0.1) is 5.92 Å². The van der Waals surface area contributed by atoms with Gasteiger partial charge in [0, 0.05) is 6.61 Å². The highest BCUT2D eigenvalue weighted by atomic mass is 16.5. The van der Waals surface area contributed by atoms with E-state index in [1.165, 1.54) is 0 Å². The third-order valence-corrected chi connectivity index (χ3v) is 3.19. The fraction of sp³-hybridized carbons (Fsp3) is 0.900. The number of aliphatic imine (C=N–C) groups is 1. The molecule has 1 fully saturated rings. The SMILES string of the molecule is CC(C)C1CC2(CCO1)CN=C(N)N2. The second kappa shape index (κ2) is 3.42. The van der Waals surface area contributed by atoms with Crippen LogP contribution >= 0.6 is 0 Å². The fourth-order valence-electron chi connectivity index (χ4n) is 2.22. The van der Waals surface area contributed by atoms with Crippen molar-refractivity contribution in [1.82, 2.24) is 5.32 Å². The second-order valence-electron chi connectivity index (χ2n) is 4.71. The summed E-state index contributed by atoms with van der Waals surface area (Å²) in [4.78, 5) is 4.23. The van der Waals surface area contributed by atoms with Gasteiger partial charge in [-0.1, -0.05) is 13.8 Å². The van der Waals surface area contributed by atoms with Crippen molar-refractivity contribution in [3.63, 3.8) is 0 Å². The van der Waals surface area contributed by atoms with E-state index < -0.39 is 0 Å². The van der Waals surface area contributed by atoms with Crippen LogP contribution in [0.15, 0.2) is 4.99 Å². The van der Waals surface area contributed by atoms with Gasteiger partial charge in [0.25, 0.3) is 0 Å². The minimum absolute atomic E-state index is 0.0945. The molecule has 80 valence electrons. The van der Waals surface area contributed by atoms with Gasteiger partial charge in [0.15, 0.2) is 5.96 Å². The molecule has 0 saturated carbocycles. The van der Waals surface area contributed by atoms with Crippen molar-refractivity contribution in [3.05, 3.63) is 0 Å². The van der Waals surface area contributed by atoms with Crippen molar-refractivity contribution >= 4 is 5.96 Å². The summed E-state index contributed by atoms with van der Waals surface area (Å²) < 4.78 is 5.73. The quantitative estimate of drug-likeness (QED) is 0.642. The average Bonchev–Trinajstić information content (AvgIpc) is 2.47. The summed E-state index contributed by atoms with van der Waals surface area (Å²) in [7, 11) is 0. The summed E-state index contributed by atoms with van der Waals surface area (Å²) in [5.41, 5.74) is 5.75. The van der Waals surface area contributed by atoms with Crippen LogP contribution in [0.25, 0.3) is 0 Å². The summed E-state index contributed by atoms with van der Waals surface area (Å²) in [5, 5.41) is 3.30. The number of rotatable bonds is 1. The van der Waals surface area contributed by atoms with Crippen LogP contribution < -0.4 is 11.1 Å². The highest BCUT2D eigenvalue weighted by Gasteiger charge is 2.40. The molecule has 0 aliphatic carbocycles. The minimum atomic E-state index is 0.0945. The van der Waals surface area contributed by atoms with Gasteiger partial charge in [0.1, 0.15) is 0 Å². The van der Waals surface area contributed by atoms with Gasteiger partial charge in [-0.25, -0.2) is 0 Å². The Hall–Kier alpha value is -0.770. The fourth-order valence-corrected chi connectivity index (χ4v) is 2.22. The Morgan fingerprint density at radius 1 is 1.64 bits per heavy atom. The Morgan fingerprint density at radius 2 is 2.43 bits per heavy atom. The lowest BCUT2D eigenvalue weighted by Crippen LogP contribution is -2.54. The molecule has 2 aliphatic heterocycles. The van der Waals surface area contributed by atoms with Crippen LogP contribution in [-0.2, 0) is 4.74 Å². The molecule has 0 amide bonds. The standard InChI is InChI=1S/C10H19N3O/c1-7(2)8-5-10(3-4-14-8)6-12-9(11)13-10/h7-8H,3-6H2,1-2H3,(H3,11,12,13). The number of hydrogen-bond acceptors (Lipinski definition) is 4. The first-order valence-electron chi connectivity index (χ1n) is 5.31. The van der Waals surface area contributed by atoms with Gasteiger partial charge in [-0.2, -0.15) is 0 Å². The average molecular weight is 197 g/mol. The lowest BCUT2D eigenvalue weighted by atomic mass is 9.84. The van der Waals surface area contributed by atoms with E-state index in [1.807, 2.05) is 0 Å². The molecule has 2 heterocycles. The molecule has 0 aromatic heterocycles. The monoisotopic (exact) mass is 197 g/mol. The van der Waals surface area contributed by atoms with Crippen molar-refractivity contribution in [2.75, 3.05) is 13.2 Å². The molecule has 0 bridgehead atoms. The largest absolute Gasteiger partial charge is 0.378 e. The molecular formula is C10H19N3O. The van der Waals surface area contributed by atoms with E-state index in [0.29, 0.717) is 18.0 Å². The van der Waals surface area contributed by atoms with Crippen LogP contribution in [0.5, 0.6) is 0 Å². The minimum Gasteiger partial charge on any atom is -0.378 e. The maximum Gasteiger partial charge on any atom is 0.189 e. The van der Waals surface area contributed by atoms with Gasteiger partial charge in [-0.3, -0.25) is 4.99 Å². The number of guanidine groups is 1. The molecule has 0 radical (unpaired) electrons. The van der Waals surface area contributed by atoms with E-state index in [1.54, 1.807) is 0 Å². The summed E-state index contributed by atoms with van der Waals surface area (Å²) >= 11 is 0. The van der Waals surface area contributed by atoms with E-state index in [4.69, 9.17) is 10.5 Å². The van der Waals surface area contributed by atoms with E-state index in [0.717, 1.165) is 26.0 Å². The first-order chi connectivity index (χ1) is 6.61.